The minimum Gasteiger partial charge on any atom is -0.329 e. The second-order valence-electron chi connectivity index (χ2n) is 6.26. The van der Waals surface area contributed by atoms with E-state index < -0.39 is 0 Å². The Hall–Kier alpha value is -2.45. The summed E-state index contributed by atoms with van der Waals surface area (Å²) < 4.78 is 0. The van der Waals surface area contributed by atoms with E-state index in [-0.39, 0.29) is 11.7 Å². The Morgan fingerprint density at radius 1 is 1.38 bits per heavy atom. The maximum absolute atomic E-state index is 12.8. The van der Waals surface area contributed by atoms with Gasteiger partial charge in [-0.25, -0.2) is 4.99 Å². The van der Waals surface area contributed by atoms with Gasteiger partial charge < -0.3 is 4.90 Å². The number of Topliss-reactive ketones (excluding diaryl/α,β-unsaturated/α-hetero) is 1. The summed E-state index contributed by atoms with van der Waals surface area (Å²) in [6.07, 6.45) is 2.27. The van der Waals surface area contributed by atoms with E-state index in [0.29, 0.717) is 6.42 Å². The third-order valence-electron chi connectivity index (χ3n) is 4.63. The first-order valence-corrected chi connectivity index (χ1v) is 8.95. The molecule has 0 amide bonds. The Morgan fingerprint density at radius 2 is 2.17 bits per heavy atom. The molecule has 3 heterocycles. The van der Waals surface area contributed by atoms with Gasteiger partial charge in [-0.1, -0.05) is 12.1 Å². The van der Waals surface area contributed by atoms with Gasteiger partial charge in [0.15, 0.2) is 5.78 Å². The zero-order chi connectivity index (χ0) is 16.7. The number of hydrogen-bond donors (Lipinski definition) is 0. The number of nitrogens with zero attached hydrogens (tertiary/aromatic N) is 3. The highest BCUT2D eigenvalue weighted by Crippen LogP contribution is 2.40. The van der Waals surface area contributed by atoms with Crippen LogP contribution < -0.4 is 4.90 Å². The molecule has 4 nitrogen and oxygen atoms in total. The van der Waals surface area contributed by atoms with Gasteiger partial charge in [0.2, 0.25) is 0 Å². The van der Waals surface area contributed by atoms with Crippen molar-refractivity contribution >= 4 is 33.6 Å². The predicted molar refractivity (Wildman–Crippen MR) is 96.3 cm³/mol. The number of fused-ring (bicyclic) bond motifs is 2. The van der Waals surface area contributed by atoms with Crippen molar-refractivity contribution in [1.82, 2.24) is 0 Å². The molecule has 1 atom stereocenters. The van der Waals surface area contributed by atoms with Crippen LogP contribution >= 0.6 is 11.3 Å². The van der Waals surface area contributed by atoms with Crippen LogP contribution in [-0.2, 0) is 6.42 Å². The van der Waals surface area contributed by atoms with Gasteiger partial charge in [-0.05, 0) is 43.5 Å². The molecule has 2 aliphatic rings. The topological polar surface area (TPSA) is 56.5 Å². The van der Waals surface area contributed by atoms with E-state index in [1.165, 1.54) is 0 Å². The molecule has 1 saturated heterocycles. The molecular formula is C19H17N3OS. The van der Waals surface area contributed by atoms with Gasteiger partial charge in [0.1, 0.15) is 10.8 Å². The van der Waals surface area contributed by atoms with E-state index in [1.54, 1.807) is 11.3 Å². The molecule has 0 bridgehead atoms. The van der Waals surface area contributed by atoms with Crippen molar-refractivity contribution in [3.8, 4) is 6.07 Å². The van der Waals surface area contributed by atoms with E-state index in [9.17, 15) is 4.79 Å². The highest BCUT2D eigenvalue weighted by molar-refractivity contribution is 7.16. The number of carbonyl (C=O) groups is 1. The van der Waals surface area contributed by atoms with E-state index >= 15 is 0 Å². The Morgan fingerprint density at radius 3 is 2.92 bits per heavy atom. The van der Waals surface area contributed by atoms with E-state index in [2.05, 4.69) is 11.0 Å². The number of thiophene rings is 1. The number of anilines is 1. The largest absolute Gasteiger partial charge is 0.329 e. The molecule has 2 aliphatic heterocycles. The first kappa shape index (κ1) is 15.1. The molecule has 0 spiro atoms. The molecule has 1 aromatic carbocycles. The molecule has 1 unspecified atom stereocenters. The van der Waals surface area contributed by atoms with Crippen molar-refractivity contribution in [1.29, 1.82) is 5.26 Å². The molecule has 2 aromatic rings. The van der Waals surface area contributed by atoms with Crippen LogP contribution in [0.3, 0.4) is 0 Å². The van der Waals surface area contributed by atoms with Crippen LogP contribution in [0.25, 0.3) is 0 Å². The van der Waals surface area contributed by atoms with E-state index in [1.807, 2.05) is 37.3 Å². The van der Waals surface area contributed by atoms with Crippen LogP contribution in [0.15, 0.2) is 35.3 Å². The Balaban J connectivity index is 1.73. The summed E-state index contributed by atoms with van der Waals surface area (Å²) in [4.78, 5) is 21.0. The maximum atomic E-state index is 12.8. The van der Waals surface area contributed by atoms with Crippen molar-refractivity contribution in [2.75, 3.05) is 11.4 Å². The molecule has 4 rings (SSSR count). The lowest BCUT2D eigenvalue weighted by atomic mass is 9.87. The van der Waals surface area contributed by atoms with Gasteiger partial charge in [-0.2, -0.15) is 5.26 Å². The number of amidine groups is 1. The van der Waals surface area contributed by atoms with Crippen molar-refractivity contribution < 1.29 is 4.79 Å². The number of carbonyl (C=O) groups excluding carboxylic acids is 1. The maximum Gasteiger partial charge on any atom is 0.176 e. The number of nitriles is 1. The van der Waals surface area contributed by atoms with Crippen molar-refractivity contribution in [3.63, 3.8) is 0 Å². The minimum atomic E-state index is -0.126. The normalized spacial score (nSPS) is 19.3. The average molecular weight is 335 g/mol. The number of ketones is 1. The third-order valence-corrected chi connectivity index (χ3v) is 5.57. The van der Waals surface area contributed by atoms with Gasteiger partial charge in [-0.3, -0.25) is 4.79 Å². The molecule has 0 radical (unpaired) electrons. The molecule has 0 N–H and O–H groups in total. The molecule has 0 saturated carbocycles. The Labute approximate surface area is 145 Å². The highest BCUT2D eigenvalue weighted by Gasteiger charge is 2.38. The third kappa shape index (κ3) is 2.44. The van der Waals surface area contributed by atoms with E-state index in [4.69, 9.17) is 10.3 Å². The molecule has 24 heavy (non-hydrogen) atoms. The second-order valence-corrected chi connectivity index (χ2v) is 7.49. The van der Waals surface area contributed by atoms with Crippen LogP contribution in [0.2, 0.25) is 0 Å². The summed E-state index contributed by atoms with van der Waals surface area (Å²) in [5, 5.41) is 9.64. The Bertz CT molecular complexity index is 873. The van der Waals surface area contributed by atoms with Crippen molar-refractivity contribution in [2.24, 2.45) is 10.9 Å². The number of piperidine rings is 1. The number of aryl methyl sites for hydroxylation is 1. The standard InChI is InChI=1S/C19H17N3OS/c1-12-11-16-17(23)15-3-2-10-22(18(15)21-19(16)24-12)14-6-4-13(5-7-14)8-9-20/h4-7,11,15H,2-3,8,10H2,1H3. The smallest absolute Gasteiger partial charge is 0.176 e. The molecule has 1 fully saturated rings. The fraction of sp³-hybridized carbons (Fsp3) is 0.316. The predicted octanol–water partition coefficient (Wildman–Crippen LogP) is 4.27. The second kappa shape index (κ2) is 5.88. The van der Waals surface area contributed by atoms with E-state index in [0.717, 1.165) is 51.9 Å². The number of rotatable bonds is 2. The average Bonchev–Trinajstić information content (AvgIpc) is 2.97. The van der Waals surface area contributed by atoms with Crippen molar-refractivity contribution in [3.05, 3.63) is 46.3 Å². The van der Waals surface area contributed by atoms with Gasteiger partial charge >= 0.3 is 0 Å². The quantitative estimate of drug-likeness (QED) is 0.823. The van der Waals surface area contributed by atoms with Gasteiger partial charge in [0.25, 0.3) is 0 Å². The summed E-state index contributed by atoms with van der Waals surface area (Å²) in [5.74, 6) is 0.970. The Kier molecular flexibility index (Phi) is 3.70. The summed E-state index contributed by atoms with van der Waals surface area (Å²) in [6.45, 7) is 2.89. The van der Waals surface area contributed by atoms with Crippen molar-refractivity contribution in [2.45, 2.75) is 26.2 Å². The lowest BCUT2D eigenvalue weighted by Crippen LogP contribution is -2.45. The molecular weight excluding hydrogens is 318 g/mol. The van der Waals surface area contributed by atoms with Gasteiger partial charge in [0, 0.05) is 17.1 Å². The van der Waals surface area contributed by atoms with Crippen LogP contribution in [-0.4, -0.2) is 18.2 Å². The number of benzene rings is 1. The lowest BCUT2D eigenvalue weighted by Gasteiger charge is -2.36. The first-order valence-electron chi connectivity index (χ1n) is 8.14. The minimum absolute atomic E-state index is 0.126. The fourth-order valence-electron chi connectivity index (χ4n) is 3.47. The number of aliphatic imine (C=N–C) groups is 1. The van der Waals surface area contributed by atoms with Crippen LogP contribution in [0.1, 0.15) is 33.6 Å². The number of hydrogen-bond acceptors (Lipinski definition) is 5. The molecule has 5 heteroatoms. The molecule has 120 valence electrons. The van der Waals surface area contributed by atoms with Crippen LogP contribution in [0.4, 0.5) is 10.7 Å². The first-order chi connectivity index (χ1) is 11.7. The zero-order valence-corrected chi connectivity index (χ0v) is 14.3. The molecule has 0 aliphatic carbocycles. The SMILES string of the molecule is Cc1cc2c(s1)N=C1C(CCCN1c1ccc(CC#N)cc1)C2=O. The summed E-state index contributed by atoms with van der Waals surface area (Å²) in [7, 11) is 0. The van der Waals surface area contributed by atoms with Crippen LogP contribution in [0, 0.1) is 24.2 Å². The zero-order valence-electron chi connectivity index (χ0n) is 13.5. The summed E-state index contributed by atoms with van der Waals surface area (Å²) in [6, 6.07) is 12.1. The van der Waals surface area contributed by atoms with Gasteiger partial charge in [-0.15, -0.1) is 11.3 Å². The highest BCUT2D eigenvalue weighted by atomic mass is 32.1. The fourth-order valence-corrected chi connectivity index (χ4v) is 4.36. The molecule has 1 aromatic heterocycles. The lowest BCUT2D eigenvalue weighted by molar-refractivity contribution is 0.0944. The van der Waals surface area contributed by atoms with Gasteiger partial charge in [0.05, 0.1) is 24.0 Å². The summed E-state index contributed by atoms with van der Waals surface area (Å²) in [5.41, 5.74) is 2.84. The monoisotopic (exact) mass is 335 g/mol. The summed E-state index contributed by atoms with van der Waals surface area (Å²) >= 11 is 1.58. The van der Waals surface area contributed by atoms with Crippen LogP contribution in [0.5, 0.6) is 0 Å².